The van der Waals surface area contributed by atoms with E-state index in [1.165, 1.54) is 7.05 Å². The number of hydrogen-bond donors (Lipinski definition) is 1. The Labute approximate surface area is 125 Å². The molecule has 1 atom stereocenters. The number of amides is 2. The van der Waals surface area contributed by atoms with Crippen LogP contribution in [0.3, 0.4) is 0 Å². The van der Waals surface area contributed by atoms with Crippen molar-refractivity contribution in [3.05, 3.63) is 28.8 Å². The van der Waals surface area contributed by atoms with E-state index >= 15 is 0 Å². The van der Waals surface area contributed by atoms with E-state index in [1.54, 1.807) is 6.92 Å². The number of nitriles is 1. The second-order valence-electron chi connectivity index (χ2n) is 4.33. The molecule has 0 aliphatic heterocycles. The van der Waals surface area contributed by atoms with Gasteiger partial charge in [-0.05, 0) is 19.1 Å². The molecule has 112 valence electrons. The van der Waals surface area contributed by atoms with Crippen molar-refractivity contribution in [1.29, 1.82) is 5.26 Å². The van der Waals surface area contributed by atoms with Crippen LogP contribution in [0.2, 0.25) is 5.02 Å². The summed E-state index contributed by atoms with van der Waals surface area (Å²) >= 11 is 5.45. The standard InChI is InChI=1S/C13H12ClF2N3O2/c1-7(3-4-17)19(2)13(21)12(20)18-11-9(15)5-8(14)6-10(11)16/h5-7H,3H2,1-2H3,(H,18,20)/t7-/m1/s1. The van der Waals surface area contributed by atoms with Crippen LogP contribution in [0.5, 0.6) is 0 Å². The fourth-order valence-electron chi connectivity index (χ4n) is 1.46. The monoisotopic (exact) mass is 315 g/mol. The SMILES string of the molecule is C[C@H](CC#N)N(C)C(=O)C(=O)Nc1c(F)cc(Cl)cc1F. The fourth-order valence-corrected chi connectivity index (χ4v) is 1.65. The lowest BCUT2D eigenvalue weighted by molar-refractivity contribution is -0.143. The van der Waals surface area contributed by atoms with Crippen molar-refractivity contribution in [2.45, 2.75) is 19.4 Å². The highest BCUT2D eigenvalue weighted by Crippen LogP contribution is 2.23. The van der Waals surface area contributed by atoms with Crippen molar-refractivity contribution in [1.82, 2.24) is 4.90 Å². The van der Waals surface area contributed by atoms with E-state index in [1.807, 2.05) is 11.4 Å². The van der Waals surface area contributed by atoms with Gasteiger partial charge in [-0.25, -0.2) is 8.78 Å². The summed E-state index contributed by atoms with van der Waals surface area (Å²) in [4.78, 5) is 24.5. The number of halogens is 3. The molecule has 0 aliphatic rings. The number of nitrogens with zero attached hydrogens (tertiary/aromatic N) is 2. The highest BCUT2D eigenvalue weighted by Gasteiger charge is 2.24. The molecule has 2 amide bonds. The molecule has 0 aromatic heterocycles. The van der Waals surface area contributed by atoms with Crippen LogP contribution in [-0.4, -0.2) is 29.8 Å². The van der Waals surface area contributed by atoms with E-state index in [0.29, 0.717) is 0 Å². The zero-order valence-electron chi connectivity index (χ0n) is 11.3. The molecule has 1 rings (SSSR count). The molecule has 0 saturated carbocycles. The lowest BCUT2D eigenvalue weighted by Gasteiger charge is -2.22. The number of hydrogen-bond acceptors (Lipinski definition) is 3. The summed E-state index contributed by atoms with van der Waals surface area (Å²) in [5, 5.41) is 10.2. The van der Waals surface area contributed by atoms with Crippen LogP contribution < -0.4 is 5.32 Å². The molecule has 0 unspecified atom stereocenters. The van der Waals surface area contributed by atoms with E-state index in [2.05, 4.69) is 0 Å². The van der Waals surface area contributed by atoms with Gasteiger partial charge >= 0.3 is 11.8 Å². The van der Waals surface area contributed by atoms with Gasteiger partial charge in [-0.15, -0.1) is 0 Å². The molecule has 1 aromatic carbocycles. The number of rotatable bonds is 3. The fraction of sp³-hybridized carbons (Fsp3) is 0.308. The van der Waals surface area contributed by atoms with Crippen LogP contribution in [0, 0.1) is 23.0 Å². The summed E-state index contributed by atoms with van der Waals surface area (Å²) in [6, 6.07) is 2.97. The number of benzene rings is 1. The zero-order valence-corrected chi connectivity index (χ0v) is 12.0. The molecule has 0 radical (unpaired) electrons. The van der Waals surface area contributed by atoms with Crippen molar-refractivity contribution >= 4 is 29.1 Å². The second-order valence-corrected chi connectivity index (χ2v) is 4.76. The minimum absolute atomic E-state index is 0.0270. The van der Waals surface area contributed by atoms with Gasteiger partial charge in [-0.3, -0.25) is 9.59 Å². The van der Waals surface area contributed by atoms with Crippen molar-refractivity contribution < 1.29 is 18.4 Å². The predicted molar refractivity (Wildman–Crippen MR) is 72.5 cm³/mol. The first-order valence-electron chi connectivity index (χ1n) is 5.87. The molecular formula is C13H12ClF2N3O2. The number of nitrogens with one attached hydrogen (secondary N) is 1. The molecule has 1 N–H and O–H groups in total. The Morgan fingerprint density at radius 3 is 2.43 bits per heavy atom. The molecule has 5 nitrogen and oxygen atoms in total. The predicted octanol–water partition coefficient (Wildman–Crippen LogP) is 2.32. The van der Waals surface area contributed by atoms with E-state index in [0.717, 1.165) is 17.0 Å². The van der Waals surface area contributed by atoms with Gasteiger partial charge in [-0.1, -0.05) is 11.6 Å². The van der Waals surface area contributed by atoms with Gasteiger partial charge in [0.2, 0.25) is 0 Å². The molecule has 0 spiro atoms. The van der Waals surface area contributed by atoms with Crippen LogP contribution in [-0.2, 0) is 9.59 Å². The molecule has 0 aliphatic carbocycles. The van der Waals surface area contributed by atoms with Gasteiger partial charge in [0.1, 0.15) is 5.69 Å². The van der Waals surface area contributed by atoms with Crippen LogP contribution in [0.15, 0.2) is 12.1 Å². The quantitative estimate of drug-likeness (QED) is 0.870. The third-order valence-electron chi connectivity index (χ3n) is 2.81. The Kier molecular flexibility index (Phi) is 5.61. The number of carbonyl (C=O) groups excluding carboxylic acids is 2. The summed E-state index contributed by atoms with van der Waals surface area (Å²) in [7, 11) is 1.32. The molecule has 0 heterocycles. The summed E-state index contributed by atoms with van der Waals surface area (Å²) < 4.78 is 27.0. The molecule has 0 bridgehead atoms. The normalized spacial score (nSPS) is 11.4. The number of carbonyl (C=O) groups is 2. The Morgan fingerprint density at radius 1 is 1.43 bits per heavy atom. The maximum atomic E-state index is 13.5. The van der Waals surface area contributed by atoms with Crippen molar-refractivity contribution in [3.63, 3.8) is 0 Å². The Bertz CT molecular complexity index is 593. The lowest BCUT2D eigenvalue weighted by atomic mass is 10.2. The Morgan fingerprint density at radius 2 is 1.95 bits per heavy atom. The van der Waals surface area contributed by atoms with Crippen molar-refractivity contribution in [2.75, 3.05) is 12.4 Å². The van der Waals surface area contributed by atoms with Gasteiger partial charge in [0.05, 0.1) is 12.5 Å². The molecule has 1 aromatic rings. The third kappa shape index (κ3) is 4.13. The molecule has 0 fully saturated rings. The van der Waals surface area contributed by atoms with Gasteiger partial charge in [0.25, 0.3) is 0 Å². The first kappa shape index (κ1) is 16.9. The van der Waals surface area contributed by atoms with E-state index in [4.69, 9.17) is 16.9 Å². The van der Waals surface area contributed by atoms with Gasteiger partial charge in [0.15, 0.2) is 11.6 Å². The van der Waals surface area contributed by atoms with Crippen LogP contribution in [0.1, 0.15) is 13.3 Å². The van der Waals surface area contributed by atoms with Crippen LogP contribution in [0.4, 0.5) is 14.5 Å². The average molecular weight is 316 g/mol. The minimum Gasteiger partial charge on any atom is -0.334 e. The third-order valence-corrected chi connectivity index (χ3v) is 3.03. The van der Waals surface area contributed by atoms with E-state index in [9.17, 15) is 18.4 Å². The topological polar surface area (TPSA) is 73.2 Å². The molecule has 0 saturated heterocycles. The largest absolute Gasteiger partial charge is 0.334 e. The van der Waals surface area contributed by atoms with Crippen LogP contribution >= 0.6 is 11.6 Å². The Hall–Kier alpha value is -2.20. The second kappa shape index (κ2) is 6.99. The lowest BCUT2D eigenvalue weighted by Crippen LogP contribution is -2.42. The molecular weight excluding hydrogens is 304 g/mol. The first-order chi connectivity index (χ1) is 9.77. The first-order valence-corrected chi connectivity index (χ1v) is 6.25. The zero-order chi connectivity index (χ0) is 16.2. The maximum Gasteiger partial charge on any atom is 0.314 e. The maximum absolute atomic E-state index is 13.5. The number of anilines is 1. The minimum atomic E-state index is -1.21. The summed E-state index contributed by atoms with van der Waals surface area (Å²) in [6.45, 7) is 1.57. The smallest absolute Gasteiger partial charge is 0.314 e. The summed E-state index contributed by atoms with van der Waals surface area (Å²) in [5.41, 5.74) is -0.751. The van der Waals surface area contributed by atoms with Gasteiger partial charge in [-0.2, -0.15) is 5.26 Å². The van der Waals surface area contributed by atoms with E-state index < -0.39 is 35.2 Å². The number of likely N-dealkylation sites (N-methyl/N-ethyl adjacent to an activating group) is 1. The average Bonchev–Trinajstić information content (AvgIpc) is 2.41. The summed E-state index contributed by atoms with van der Waals surface area (Å²) in [5.74, 6) is -4.39. The van der Waals surface area contributed by atoms with Crippen molar-refractivity contribution in [2.24, 2.45) is 0 Å². The van der Waals surface area contributed by atoms with E-state index in [-0.39, 0.29) is 11.4 Å². The van der Waals surface area contributed by atoms with Gasteiger partial charge < -0.3 is 10.2 Å². The summed E-state index contributed by atoms with van der Waals surface area (Å²) in [6.07, 6.45) is 0.0270. The molecule has 8 heteroatoms. The Balaban J connectivity index is 2.87. The van der Waals surface area contributed by atoms with Gasteiger partial charge in [0, 0.05) is 18.1 Å². The highest BCUT2D eigenvalue weighted by molar-refractivity contribution is 6.39. The molecule has 21 heavy (non-hydrogen) atoms. The highest BCUT2D eigenvalue weighted by atomic mass is 35.5. The van der Waals surface area contributed by atoms with Crippen LogP contribution in [0.25, 0.3) is 0 Å². The van der Waals surface area contributed by atoms with Crippen molar-refractivity contribution in [3.8, 4) is 6.07 Å².